The van der Waals surface area contributed by atoms with Gasteiger partial charge in [0.05, 0.1) is 18.5 Å². The molecule has 25 heavy (non-hydrogen) atoms. The van der Waals surface area contributed by atoms with Crippen LogP contribution in [0.25, 0.3) is 16.9 Å². The van der Waals surface area contributed by atoms with Crippen LogP contribution in [0.2, 0.25) is 0 Å². The number of aromatic nitrogens is 3. The van der Waals surface area contributed by atoms with Crippen molar-refractivity contribution in [3.8, 4) is 17.0 Å². The van der Waals surface area contributed by atoms with Crippen LogP contribution in [0.3, 0.4) is 0 Å². The van der Waals surface area contributed by atoms with E-state index in [0.717, 1.165) is 41.6 Å². The fraction of sp³-hybridized carbons (Fsp3) is 0.368. The standard InChI is InChI=1S/C19H22N4O2/c1-24-12-13-25-16-6-4-15(5-7-16)17-14-23-18(20-17)8-9-19(21-23)22-10-2-3-11-22/h4-9,14H,2-3,10-13H2,1H3. The Hall–Kier alpha value is -2.60. The quantitative estimate of drug-likeness (QED) is 0.647. The van der Waals surface area contributed by atoms with Crippen molar-refractivity contribution in [1.82, 2.24) is 14.6 Å². The molecule has 0 spiro atoms. The Morgan fingerprint density at radius 1 is 1.00 bits per heavy atom. The third-order valence-electron chi connectivity index (χ3n) is 4.44. The number of hydrogen-bond acceptors (Lipinski definition) is 5. The van der Waals surface area contributed by atoms with Crippen molar-refractivity contribution in [3.05, 3.63) is 42.6 Å². The maximum absolute atomic E-state index is 5.60. The van der Waals surface area contributed by atoms with Crippen LogP contribution in [-0.2, 0) is 4.74 Å². The number of rotatable bonds is 6. The topological polar surface area (TPSA) is 51.9 Å². The summed E-state index contributed by atoms with van der Waals surface area (Å²) in [6, 6.07) is 12.0. The van der Waals surface area contributed by atoms with Gasteiger partial charge in [-0.25, -0.2) is 9.50 Å². The maximum Gasteiger partial charge on any atom is 0.154 e. The lowest BCUT2D eigenvalue weighted by Gasteiger charge is -2.15. The van der Waals surface area contributed by atoms with Crippen LogP contribution < -0.4 is 9.64 Å². The molecule has 4 rings (SSSR count). The van der Waals surface area contributed by atoms with E-state index in [1.807, 2.05) is 41.0 Å². The fourth-order valence-electron chi connectivity index (χ4n) is 3.09. The van der Waals surface area contributed by atoms with E-state index in [2.05, 4.69) is 16.0 Å². The van der Waals surface area contributed by atoms with Gasteiger partial charge in [0, 0.05) is 25.8 Å². The molecular formula is C19H22N4O2. The molecular weight excluding hydrogens is 316 g/mol. The minimum atomic E-state index is 0.549. The molecule has 3 heterocycles. The van der Waals surface area contributed by atoms with Gasteiger partial charge in [0.25, 0.3) is 0 Å². The predicted octanol–water partition coefficient (Wildman–Crippen LogP) is 3.02. The minimum absolute atomic E-state index is 0.549. The summed E-state index contributed by atoms with van der Waals surface area (Å²) in [5, 5.41) is 4.71. The number of fused-ring (bicyclic) bond motifs is 1. The second-order valence-electron chi connectivity index (χ2n) is 6.18. The van der Waals surface area contributed by atoms with Gasteiger partial charge >= 0.3 is 0 Å². The molecule has 1 aliphatic rings. The molecule has 3 aromatic rings. The van der Waals surface area contributed by atoms with Gasteiger partial charge in [0.15, 0.2) is 5.65 Å². The summed E-state index contributed by atoms with van der Waals surface area (Å²) < 4.78 is 12.5. The van der Waals surface area contributed by atoms with Crippen LogP contribution in [0.4, 0.5) is 5.82 Å². The van der Waals surface area contributed by atoms with Gasteiger partial charge in [-0.2, -0.15) is 0 Å². The summed E-state index contributed by atoms with van der Waals surface area (Å²) in [7, 11) is 1.67. The molecule has 2 aromatic heterocycles. The SMILES string of the molecule is COCCOc1ccc(-c2cn3nc(N4CCCC4)ccc3n2)cc1. The lowest BCUT2D eigenvalue weighted by molar-refractivity contribution is 0.146. The van der Waals surface area contributed by atoms with Gasteiger partial charge < -0.3 is 14.4 Å². The molecule has 0 unspecified atom stereocenters. The zero-order valence-electron chi connectivity index (χ0n) is 14.4. The number of imidazole rings is 1. The van der Waals surface area contributed by atoms with Crippen LogP contribution in [0.5, 0.6) is 5.75 Å². The predicted molar refractivity (Wildman–Crippen MR) is 97.2 cm³/mol. The second-order valence-corrected chi connectivity index (χ2v) is 6.18. The molecule has 1 aliphatic heterocycles. The molecule has 0 atom stereocenters. The number of anilines is 1. The number of hydrogen-bond donors (Lipinski definition) is 0. The molecule has 0 amide bonds. The van der Waals surface area contributed by atoms with E-state index < -0.39 is 0 Å². The van der Waals surface area contributed by atoms with Crippen molar-refractivity contribution < 1.29 is 9.47 Å². The Bertz CT molecular complexity index is 838. The first-order valence-electron chi connectivity index (χ1n) is 8.67. The van der Waals surface area contributed by atoms with E-state index in [-0.39, 0.29) is 0 Å². The molecule has 6 heteroatoms. The zero-order valence-corrected chi connectivity index (χ0v) is 14.4. The monoisotopic (exact) mass is 338 g/mol. The molecule has 1 saturated heterocycles. The van der Waals surface area contributed by atoms with Gasteiger partial charge in [-0.1, -0.05) is 0 Å². The van der Waals surface area contributed by atoms with Crippen molar-refractivity contribution in [2.45, 2.75) is 12.8 Å². The number of ether oxygens (including phenoxy) is 2. The van der Waals surface area contributed by atoms with Crippen molar-refractivity contribution >= 4 is 11.5 Å². The Morgan fingerprint density at radius 3 is 2.56 bits per heavy atom. The second kappa shape index (κ2) is 7.11. The van der Waals surface area contributed by atoms with Gasteiger partial charge in [0.1, 0.15) is 18.2 Å². The van der Waals surface area contributed by atoms with E-state index in [1.54, 1.807) is 7.11 Å². The van der Waals surface area contributed by atoms with Crippen LogP contribution >= 0.6 is 0 Å². The molecule has 0 N–H and O–H groups in total. The summed E-state index contributed by atoms with van der Waals surface area (Å²) >= 11 is 0. The molecule has 1 aromatic carbocycles. The lowest BCUT2D eigenvalue weighted by Crippen LogP contribution is -2.19. The van der Waals surface area contributed by atoms with Crippen LogP contribution in [-0.4, -0.2) is 48.0 Å². The molecule has 0 aliphatic carbocycles. The molecule has 6 nitrogen and oxygen atoms in total. The first-order valence-corrected chi connectivity index (χ1v) is 8.67. The molecule has 1 fully saturated rings. The summed E-state index contributed by atoms with van der Waals surface area (Å²) in [6.45, 7) is 3.31. The molecule has 0 radical (unpaired) electrons. The van der Waals surface area contributed by atoms with Crippen molar-refractivity contribution in [2.24, 2.45) is 0 Å². The normalized spacial score (nSPS) is 14.4. The highest BCUT2D eigenvalue weighted by atomic mass is 16.5. The summed E-state index contributed by atoms with van der Waals surface area (Å²) in [4.78, 5) is 7.00. The Morgan fingerprint density at radius 2 is 1.80 bits per heavy atom. The molecule has 0 bridgehead atoms. The molecule has 0 saturated carbocycles. The number of nitrogens with zero attached hydrogens (tertiary/aromatic N) is 4. The zero-order chi connectivity index (χ0) is 17.1. The third kappa shape index (κ3) is 3.44. The largest absolute Gasteiger partial charge is 0.491 e. The van der Waals surface area contributed by atoms with E-state index >= 15 is 0 Å². The summed E-state index contributed by atoms with van der Waals surface area (Å²) in [5.74, 6) is 1.86. The Balaban J connectivity index is 1.54. The summed E-state index contributed by atoms with van der Waals surface area (Å²) in [6.07, 6.45) is 4.47. The van der Waals surface area contributed by atoms with Crippen molar-refractivity contribution in [2.75, 3.05) is 38.3 Å². The minimum Gasteiger partial charge on any atom is -0.491 e. The van der Waals surface area contributed by atoms with E-state index in [9.17, 15) is 0 Å². The highest BCUT2D eigenvalue weighted by molar-refractivity contribution is 5.63. The Kier molecular flexibility index (Phi) is 4.52. The van der Waals surface area contributed by atoms with Crippen molar-refractivity contribution in [3.63, 3.8) is 0 Å². The average Bonchev–Trinajstić information content (AvgIpc) is 3.31. The van der Waals surface area contributed by atoms with Crippen LogP contribution in [0.15, 0.2) is 42.6 Å². The maximum atomic E-state index is 5.60. The third-order valence-corrected chi connectivity index (χ3v) is 4.44. The van der Waals surface area contributed by atoms with Gasteiger partial charge in [0.2, 0.25) is 0 Å². The summed E-state index contributed by atoms with van der Waals surface area (Å²) in [5.41, 5.74) is 2.82. The average molecular weight is 338 g/mol. The van der Waals surface area contributed by atoms with Gasteiger partial charge in [-0.05, 0) is 49.2 Å². The van der Waals surface area contributed by atoms with Crippen LogP contribution in [0.1, 0.15) is 12.8 Å². The Labute approximate surface area is 147 Å². The van der Waals surface area contributed by atoms with E-state index in [4.69, 9.17) is 14.6 Å². The van der Waals surface area contributed by atoms with Crippen LogP contribution in [0, 0.1) is 0 Å². The van der Waals surface area contributed by atoms with Gasteiger partial charge in [-0.3, -0.25) is 0 Å². The highest BCUT2D eigenvalue weighted by Gasteiger charge is 2.14. The smallest absolute Gasteiger partial charge is 0.154 e. The van der Waals surface area contributed by atoms with E-state index in [1.165, 1.54) is 12.8 Å². The highest BCUT2D eigenvalue weighted by Crippen LogP contribution is 2.23. The van der Waals surface area contributed by atoms with Gasteiger partial charge in [-0.15, -0.1) is 5.10 Å². The fourth-order valence-corrected chi connectivity index (χ4v) is 3.09. The first kappa shape index (κ1) is 15.9. The van der Waals surface area contributed by atoms with E-state index in [0.29, 0.717) is 13.2 Å². The van der Waals surface area contributed by atoms with Crippen molar-refractivity contribution in [1.29, 1.82) is 0 Å². The molecule has 130 valence electrons. The lowest BCUT2D eigenvalue weighted by atomic mass is 10.2. The first-order chi connectivity index (χ1) is 12.3. The number of methoxy groups -OCH3 is 1. The number of benzene rings is 1.